The van der Waals surface area contributed by atoms with Gasteiger partial charge < -0.3 is 9.14 Å². The number of carbonyl (C=O) groups excluding carboxylic acids is 1. The second kappa shape index (κ2) is 4.48. The van der Waals surface area contributed by atoms with E-state index in [-0.39, 0.29) is 17.9 Å². The van der Waals surface area contributed by atoms with Gasteiger partial charge in [0.1, 0.15) is 5.65 Å². The van der Waals surface area contributed by atoms with Crippen molar-refractivity contribution < 1.29 is 18.3 Å². The van der Waals surface area contributed by atoms with Crippen molar-refractivity contribution in [3.63, 3.8) is 0 Å². The molecule has 0 aliphatic carbocycles. The summed E-state index contributed by atoms with van der Waals surface area (Å²) in [4.78, 5) is 15.4. The number of aromatic nitrogens is 2. The van der Waals surface area contributed by atoms with E-state index in [1.54, 1.807) is 6.92 Å². The standard InChI is InChI=1S/C11H10F2N2O2/c1-2-17-11(16)8-6-15-5-7(10(12)13)3-4-9(15)14-8/h3-6,10H,2H2,1H3. The first-order valence-electron chi connectivity index (χ1n) is 5.05. The molecule has 0 radical (unpaired) electrons. The topological polar surface area (TPSA) is 43.6 Å². The summed E-state index contributed by atoms with van der Waals surface area (Å²) in [6, 6.07) is 2.71. The summed E-state index contributed by atoms with van der Waals surface area (Å²) in [5.41, 5.74) is 0.418. The van der Waals surface area contributed by atoms with Crippen molar-refractivity contribution in [2.24, 2.45) is 0 Å². The molecule has 90 valence electrons. The lowest BCUT2D eigenvalue weighted by Gasteiger charge is -1.99. The molecular weight excluding hydrogens is 230 g/mol. The molecular formula is C11H10F2N2O2. The molecule has 0 saturated carbocycles. The van der Waals surface area contributed by atoms with E-state index >= 15 is 0 Å². The predicted octanol–water partition coefficient (Wildman–Crippen LogP) is 2.45. The molecule has 0 aromatic carbocycles. The number of nitrogens with zero attached hydrogens (tertiary/aromatic N) is 2. The van der Waals surface area contributed by atoms with Crippen LogP contribution in [-0.4, -0.2) is 22.0 Å². The van der Waals surface area contributed by atoms with Gasteiger partial charge in [0.2, 0.25) is 0 Å². The number of rotatable bonds is 3. The molecule has 0 fully saturated rings. The molecule has 0 saturated heterocycles. The fraction of sp³-hybridized carbons (Fsp3) is 0.273. The third-order valence-corrected chi connectivity index (χ3v) is 2.21. The number of halogens is 2. The number of alkyl halides is 2. The van der Waals surface area contributed by atoms with Crippen LogP contribution >= 0.6 is 0 Å². The van der Waals surface area contributed by atoms with E-state index in [2.05, 4.69) is 4.98 Å². The Labute approximate surface area is 95.8 Å². The summed E-state index contributed by atoms with van der Waals surface area (Å²) in [5, 5.41) is 0. The molecule has 0 unspecified atom stereocenters. The van der Waals surface area contributed by atoms with E-state index in [4.69, 9.17) is 4.74 Å². The molecule has 2 aromatic heterocycles. The molecule has 2 rings (SSSR count). The number of pyridine rings is 1. The number of carbonyl (C=O) groups is 1. The summed E-state index contributed by atoms with van der Waals surface area (Å²) >= 11 is 0. The summed E-state index contributed by atoms with van der Waals surface area (Å²) < 4.78 is 31.1. The number of hydrogen-bond donors (Lipinski definition) is 0. The molecule has 0 spiro atoms. The van der Waals surface area contributed by atoms with Crippen molar-refractivity contribution in [3.8, 4) is 0 Å². The average Bonchev–Trinajstić information content (AvgIpc) is 2.71. The zero-order valence-corrected chi connectivity index (χ0v) is 9.06. The van der Waals surface area contributed by atoms with E-state index in [9.17, 15) is 13.6 Å². The Balaban J connectivity index is 2.40. The van der Waals surface area contributed by atoms with E-state index < -0.39 is 12.4 Å². The SMILES string of the molecule is CCOC(=O)c1cn2cc(C(F)F)ccc2n1. The third kappa shape index (κ3) is 2.25. The van der Waals surface area contributed by atoms with Crippen LogP contribution in [0.15, 0.2) is 24.5 Å². The maximum Gasteiger partial charge on any atom is 0.358 e. The Morgan fingerprint density at radius 3 is 2.88 bits per heavy atom. The monoisotopic (exact) mass is 240 g/mol. The van der Waals surface area contributed by atoms with Crippen LogP contribution in [0.2, 0.25) is 0 Å². The first kappa shape index (κ1) is 11.5. The van der Waals surface area contributed by atoms with Crippen molar-refractivity contribution in [2.75, 3.05) is 6.61 Å². The summed E-state index contributed by atoms with van der Waals surface area (Å²) in [6.07, 6.45) is 0.0717. The van der Waals surface area contributed by atoms with Crippen molar-refractivity contribution in [1.29, 1.82) is 0 Å². The number of esters is 1. The maximum atomic E-state index is 12.5. The number of fused-ring (bicyclic) bond motifs is 1. The maximum absolute atomic E-state index is 12.5. The highest BCUT2D eigenvalue weighted by molar-refractivity contribution is 5.87. The Morgan fingerprint density at radius 1 is 1.47 bits per heavy atom. The molecule has 0 N–H and O–H groups in total. The van der Waals surface area contributed by atoms with Crippen LogP contribution in [0.5, 0.6) is 0 Å². The van der Waals surface area contributed by atoms with Crippen molar-refractivity contribution in [3.05, 3.63) is 35.8 Å². The van der Waals surface area contributed by atoms with Gasteiger partial charge >= 0.3 is 5.97 Å². The third-order valence-electron chi connectivity index (χ3n) is 2.21. The summed E-state index contributed by atoms with van der Waals surface area (Å²) in [5.74, 6) is -0.560. The van der Waals surface area contributed by atoms with Crippen molar-refractivity contribution in [1.82, 2.24) is 9.38 Å². The van der Waals surface area contributed by atoms with Crippen LogP contribution in [0.4, 0.5) is 8.78 Å². The quantitative estimate of drug-likeness (QED) is 0.774. The molecule has 0 aliphatic heterocycles. The van der Waals surface area contributed by atoms with Crippen molar-refractivity contribution >= 4 is 11.6 Å². The van der Waals surface area contributed by atoms with Crippen LogP contribution in [0, 0.1) is 0 Å². The van der Waals surface area contributed by atoms with E-state index in [0.717, 1.165) is 0 Å². The Bertz CT molecular complexity index is 551. The van der Waals surface area contributed by atoms with Gasteiger partial charge in [0.25, 0.3) is 6.43 Å². The zero-order chi connectivity index (χ0) is 12.4. The minimum absolute atomic E-state index is 0.110. The van der Waals surface area contributed by atoms with E-state index in [0.29, 0.717) is 5.65 Å². The summed E-state index contributed by atoms with van der Waals surface area (Å²) in [6.45, 7) is 1.93. The van der Waals surface area contributed by atoms with Crippen LogP contribution in [0.25, 0.3) is 5.65 Å². The van der Waals surface area contributed by atoms with Gasteiger partial charge in [-0.3, -0.25) is 0 Å². The largest absolute Gasteiger partial charge is 0.461 e. The zero-order valence-electron chi connectivity index (χ0n) is 9.06. The highest BCUT2D eigenvalue weighted by Crippen LogP contribution is 2.19. The molecule has 0 atom stereocenters. The number of ether oxygens (including phenoxy) is 1. The van der Waals surface area contributed by atoms with Gasteiger partial charge in [-0.05, 0) is 19.1 Å². The lowest BCUT2D eigenvalue weighted by Crippen LogP contribution is -2.04. The minimum atomic E-state index is -2.55. The highest BCUT2D eigenvalue weighted by Gasteiger charge is 2.13. The average molecular weight is 240 g/mol. The smallest absolute Gasteiger partial charge is 0.358 e. The first-order valence-corrected chi connectivity index (χ1v) is 5.05. The lowest BCUT2D eigenvalue weighted by atomic mass is 10.3. The van der Waals surface area contributed by atoms with Gasteiger partial charge in [-0.2, -0.15) is 0 Å². The van der Waals surface area contributed by atoms with Gasteiger partial charge in [0, 0.05) is 18.0 Å². The van der Waals surface area contributed by atoms with Crippen molar-refractivity contribution in [2.45, 2.75) is 13.3 Å². The number of imidazole rings is 1. The second-order valence-electron chi connectivity index (χ2n) is 3.38. The molecule has 0 aliphatic rings. The van der Waals surface area contributed by atoms with Crippen LogP contribution in [0.3, 0.4) is 0 Å². The Kier molecular flexibility index (Phi) is 3.03. The molecule has 2 heterocycles. The van der Waals surface area contributed by atoms with Crippen LogP contribution in [-0.2, 0) is 4.74 Å². The summed E-state index contributed by atoms with van der Waals surface area (Å²) in [7, 11) is 0. The molecule has 6 heteroatoms. The normalized spacial score (nSPS) is 11.1. The fourth-order valence-electron chi connectivity index (χ4n) is 1.44. The second-order valence-corrected chi connectivity index (χ2v) is 3.38. The van der Waals surface area contributed by atoms with Crippen LogP contribution in [0.1, 0.15) is 29.4 Å². The van der Waals surface area contributed by atoms with Gasteiger partial charge in [0.05, 0.1) is 6.61 Å². The molecule has 0 amide bonds. The minimum Gasteiger partial charge on any atom is -0.461 e. The molecule has 17 heavy (non-hydrogen) atoms. The van der Waals surface area contributed by atoms with E-state index in [1.165, 1.54) is 28.9 Å². The first-order chi connectivity index (χ1) is 8.11. The molecule has 4 nitrogen and oxygen atoms in total. The number of hydrogen-bond acceptors (Lipinski definition) is 3. The van der Waals surface area contributed by atoms with Gasteiger partial charge in [-0.25, -0.2) is 18.6 Å². The highest BCUT2D eigenvalue weighted by atomic mass is 19.3. The predicted molar refractivity (Wildman–Crippen MR) is 56.1 cm³/mol. The Hall–Kier alpha value is -1.98. The van der Waals surface area contributed by atoms with Gasteiger partial charge in [-0.15, -0.1) is 0 Å². The fourth-order valence-corrected chi connectivity index (χ4v) is 1.44. The Morgan fingerprint density at radius 2 is 2.24 bits per heavy atom. The van der Waals surface area contributed by atoms with Crippen LogP contribution < -0.4 is 0 Å². The van der Waals surface area contributed by atoms with E-state index in [1.807, 2.05) is 0 Å². The van der Waals surface area contributed by atoms with Gasteiger partial charge in [-0.1, -0.05) is 0 Å². The molecule has 0 bridgehead atoms. The molecule has 2 aromatic rings. The lowest BCUT2D eigenvalue weighted by molar-refractivity contribution is 0.0520. The van der Waals surface area contributed by atoms with Gasteiger partial charge in [0.15, 0.2) is 5.69 Å².